The van der Waals surface area contributed by atoms with Crippen LogP contribution >= 0.6 is 11.6 Å². The number of halogens is 1. The highest BCUT2D eigenvalue weighted by molar-refractivity contribution is 7.89. The smallest absolute Gasteiger partial charge is 0.265 e. The molecular weight excluding hydrogens is 472 g/mol. The van der Waals surface area contributed by atoms with Crippen LogP contribution in [0.5, 0.6) is 11.5 Å². The number of carbonyl (C=O) groups excluding carboxylic acids is 2. The fourth-order valence-electron chi connectivity index (χ4n) is 3.94. The summed E-state index contributed by atoms with van der Waals surface area (Å²) in [5.74, 6) is -0.261. The maximum absolute atomic E-state index is 13.0. The number of hydrogen-bond acceptors (Lipinski definition) is 6. The van der Waals surface area contributed by atoms with Gasteiger partial charge >= 0.3 is 0 Å². The number of ether oxygens (including phenoxy) is 2. The molecule has 0 radical (unpaired) electrons. The number of aryl methyl sites for hydroxylation is 1. The van der Waals surface area contributed by atoms with E-state index < -0.39 is 15.9 Å². The molecule has 0 bridgehead atoms. The second-order valence-electron chi connectivity index (χ2n) is 8.03. The van der Waals surface area contributed by atoms with Crippen LogP contribution in [0.2, 0.25) is 5.02 Å². The molecule has 1 aromatic heterocycles. The first-order valence-corrected chi connectivity index (χ1v) is 12.3. The quantitative estimate of drug-likeness (QED) is 0.650. The largest absolute Gasteiger partial charge is 0.490 e. The summed E-state index contributed by atoms with van der Waals surface area (Å²) < 4.78 is 39.9. The lowest BCUT2D eigenvalue weighted by Crippen LogP contribution is -2.41. The van der Waals surface area contributed by atoms with Crippen molar-refractivity contribution in [3.63, 3.8) is 0 Å². The Kier molecular flexibility index (Phi) is 6.55. The van der Waals surface area contributed by atoms with Crippen molar-refractivity contribution in [2.75, 3.05) is 31.6 Å². The van der Waals surface area contributed by atoms with Gasteiger partial charge in [0, 0.05) is 50.8 Å². The van der Waals surface area contributed by atoms with E-state index >= 15 is 0 Å². The number of rotatable bonds is 5. The summed E-state index contributed by atoms with van der Waals surface area (Å²) in [6.45, 7) is 1.40. The first kappa shape index (κ1) is 23.4. The van der Waals surface area contributed by atoms with Crippen LogP contribution in [0.4, 0.5) is 5.69 Å². The molecule has 178 valence electrons. The molecule has 2 aromatic rings. The van der Waals surface area contributed by atoms with Crippen molar-refractivity contribution in [1.29, 1.82) is 0 Å². The third kappa shape index (κ3) is 4.80. The monoisotopic (exact) mass is 496 g/mol. The summed E-state index contributed by atoms with van der Waals surface area (Å²) in [5.41, 5.74) is 5.81. The Morgan fingerprint density at radius 1 is 1.12 bits per heavy atom. The SMILES string of the molecule is Cn1cc(S(=O)(=O)N2CCC(C(=O)Nc3cc4c(cc3Cl)OCCCO4)CC2)cc1C(N)=O. The molecule has 10 nitrogen and oxygen atoms in total. The van der Waals surface area contributed by atoms with Crippen LogP contribution in [0.1, 0.15) is 29.8 Å². The first-order valence-electron chi connectivity index (χ1n) is 10.5. The predicted molar refractivity (Wildman–Crippen MR) is 121 cm³/mol. The van der Waals surface area contributed by atoms with E-state index in [-0.39, 0.29) is 35.5 Å². The first-order chi connectivity index (χ1) is 15.7. The minimum atomic E-state index is -3.80. The second kappa shape index (κ2) is 9.24. The molecule has 2 amide bonds. The van der Waals surface area contributed by atoms with E-state index in [0.717, 1.165) is 6.42 Å². The van der Waals surface area contributed by atoms with Gasteiger partial charge in [-0.15, -0.1) is 0 Å². The fourth-order valence-corrected chi connectivity index (χ4v) is 5.68. The van der Waals surface area contributed by atoms with Crippen LogP contribution in [-0.2, 0) is 21.9 Å². The average Bonchev–Trinajstić information content (AvgIpc) is 3.05. The number of nitrogens with zero attached hydrogens (tertiary/aromatic N) is 2. The number of primary amides is 1. The number of anilines is 1. The summed E-state index contributed by atoms with van der Waals surface area (Å²) in [4.78, 5) is 24.3. The Balaban J connectivity index is 1.41. The Bertz CT molecular complexity index is 1190. The molecule has 33 heavy (non-hydrogen) atoms. The van der Waals surface area contributed by atoms with E-state index in [1.165, 1.54) is 21.1 Å². The van der Waals surface area contributed by atoms with Crippen LogP contribution < -0.4 is 20.5 Å². The molecule has 0 spiro atoms. The summed E-state index contributed by atoms with van der Waals surface area (Å²) in [7, 11) is -2.25. The molecule has 1 aromatic carbocycles. The Morgan fingerprint density at radius 3 is 2.36 bits per heavy atom. The maximum Gasteiger partial charge on any atom is 0.265 e. The van der Waals surface area contributed by atoms with Crippen molar-refractivity contribution in [3.05, 3.63) is 35.1 Å². The van der Waals surface area contributed by atoms with Crippen molar-refractivity contribution in [1.82, 2.24) is 8.87 Å². The number of hydrogen-bond donors (Lipinski definition) is 2. The lowest BCUT2D eigenvalue weighted by atomic mass is 9.97. The third-order valence-electron chi connectivity index (χ3n) is 5.79. The molecule has 0 aliphatic carbocycles. The molecule has 2 aliphatic rings. The number of piperidine rings is 1. The number of amides is 2. The zero-order chi connectivity index (χ0) is 23.8. The molecule has 0 unspecified atom stereocenters. The number of nitrogens with one attached hydrogen (secondary N) is 1. The van der Waals surface area contributed by atoms with E-state index in [0.29, 0.717) is 48.3 Å². The van der Waals surface area contributed by atoms with Gasteiger partial charge in [0.05, 0.1) is 23.9 Å². The molecule has 2 aliphatic heterocycles. The maximum atomic E-state index is 13.0. The highest BCUT2D eigenvalue weighted by Crippen LogP contribution is 2.38. The minimum absolute atomic E-state index is 0.000630. The van der Waals surface area contributed by atoms with Gasteiger partial charge in [0.2, 0.25) is 15.9 Å². The summed E-state index contributed by atoms with van der Waals surface area (Å²) >= 11 is 6.31. The summed E-state index contributed by atoms with van der Waals surface area (Å²) in [6.07, 6.45) is 2.81. The number of carbonyl (C=O) groups is 2. The van der Waals surface area contributed by atoms with Crippen molar-refractivity contribution in [2.45, 2.75) is 24.2 Å². The fraction of sp³-hybridized carbons (Fsp3) is 0.429. The van der Waals surface area contributed by atoms with E-state index in [9.17, 15) is 18.0 Å². The van der Waals surface area contributed by atoms with Gasteiger partial charge in [-0.2, -0.15) is 4.31 Å². The van der Waals surface area contributed by atoms with Gasteiger partial charge < -0.3 is 25.1 Å². The van der Waals surface area contributed by atoms with Crippen LogP contribution in [0.15, 0.2) is 29.3 Å². The Hall–Kier alpha value is -2.76. The molecule has 0 atom stereocenters. The van der Waals surface area contributed by atoms with Crippen LogP contribution in [0.25, 0.3) is 0 Å². The van der Waals surface area contributed by atoms with E-state index in [4.69, 9.17) is 26.8 Å². The highest BCUT2D eigenvalue weighted by atomic mass is 35.5. The van der Waals surface area contributed by atoms with Crippen molar-refractivity contribution in [2.24, 2.45) is 18.7 Å². The lowest BCUT2D eigenvalue weighted by Gasteiger charge is -2.30. The van der Waals surface area contributed by atoms with E-state index in [2.05, 4.69) is 5.32 Å². The zero-order valence-electron chi connectivity index (χ0n) is 18.0. The van der Waals surface area contributed by atoms with Gasteiger partial charge in [-0.25, -0.2) is 8.42 Å². The van der Waals surface area contributed by atoms with Gasteiger partial charge in [0.15, 0.2) is 11.5 Å². The molecular formula is C21H25ClN4O6S. The number of aromatic nitrogens is 1. The van der Waals surface area contributed by atoms with Gasteiger partial charge in [0.25, 0.3) is 5.91 Å². The second-order valence-corrected chi connectivity index (χ2v) is 10.4. The molecule has 4 rings (SSSR count). The standard InChI is InChI=1S/C21H25ClN4O6S/c1-25-12-14(9-17(25)20(23)27)33(29,30)26-5-3-13(4-6-26)21(28)24-16-11-19-18(10-15(16)22)31-7-2-8-32-19/h9-13H,2-8H2,1H3,(H2,23,27)(H,24,28). The number of fused-ring (bicyclic) bond motifs is 1. The highest BCUT2D eigenvalue weighted by Gasteiger charge is 2.33. The Labute approximate surface area is 196 Å². The van der Waals surface area contributed by atoms with Crippen molar-refractivity contribution in [3.8, 4) is 11.5 Å². The number of sulfonamides is 1. The third-order valence-corrected chi connectivity index (χ3v) is 7.97. The molecule has 1 saturated heterocycles. The van der Waals surface area contributed by atoms with Gasteiger partial charge in [-0.3, -0.25) is 9.59 Å². The summed E-state index contributed by atoms with van der Waals surface area (Å²) in [5, 5.41) is 3.16. The normalized spacial score (nSPS) is 17.4. The molecule has 3 heterocycles. The minimum Gasteiger partial charge on any atom is -0.490 e. The molecule has 3 N–H and O–H groups in total. The van der Waals surface area contributed by atoms with Crippen LogP contribution in [0, 0.1) is 5.92 Å². The molecule has 1 fully saturated rings. The van der Waals surface area contributed by atoms with Gasteiger partial charge in [0.1, 0.15) is 10.6 Å². The van der Waals surface area contributed by atoms with Crippen molar-refractivity contribution >= 4 is 39.1 Å². The lowest BCUT2D eigenvalue weighted by molar-refractivity contribution is -0.120. The van der Waals surface area contributed by atoms with Gasteiger partial charge in [-0.1, -0.05) is 11.6 Å². The number of benzene rings is 1. The van der Waals surface area contributed by atoms with Crippen LogP contribution in [0.3, 0.4) is 0 Å². The molecule has 0 saturated carbocycles. The van der Waals surface area contributed by atoms with E-state index in [1.807, 2.05) is 0 Å². The Morgan fingerprint density at radius 2 is 1.76 bits per heavy atom. The average molecular weight is 497 g/mol. The topological polar surface area (TPSA) is 133 Å². The predicted octanol–water partition coefficient (Wildman–Crippen LogP) is 1.98. The zero-order valence-corrected chi connectivity index (χ0v) is 19.6. The van der Waals surface area contributed by atoms with Crippen molar-refractivity contribution < 1.29 is 27.5 Å². The number of nitrogens with two attached hydrogens (primary N) is 1. The van der Waals surface area contributed by atoms with Crippen LogP contribution in [-0.4, -0.2) is 55.4 Å². The van der Waals surface area contributed by atoms with E-state index in [1.54, 1.807) is 19.2 Å². The van der Waals surface area contributed by atoms with Gasteiger partial charge in [-0.05, 0) is 18.9 Å². The summed E-state index contributed by atoms with van der Waals surface area (Å²) in [6, 6.07) is 4.53. The molecule has 12 heteroatoms.